The van der Waals surface area contributed by atoms with Crippen LogP contribution in [0.4, 0.5) is 0 Å². The second-order valence-electron chi connectivity index (χ2n) is 6.60. The number of benzene rings is 2. The number of ether oxygens (including phenoxy) is 2. The molecule has 0 aromatic heterocycles. The van der Waals surface area contributed by atoms with Gasteiger partial charge in [0.2, 0.25) is 0 Å². The van der Waals surface area contributed by atoms with Crippen LogP contribution in [0.3, 0.4) is 0 Å². The molecule has 6 nitrogen and oxygen atoms in total. The molecule has 1 aliphatic rings. The lowest BCUT2D eigenvalue weighted by molar-refractivity contribution is -0.134. The van der Waals surface area contributed by atoms with E-state index in [1.165, 1.54) is 0 Å². The summed E-state index contributed by atoms with van der Waals surface area (Å²) in [4.78, 5) is 28.5. The predicted octanol–water partition coefficient (Wildman–Crippen LogP) is 3.02. The van der Waals surface area contributed by atoms with Crippen LogP contribution in [0.2, 0.25) is 5.02 Å². The summed E-state index contributed by atoms with van der Waals surface area (Å²) in [7, 11) is 1.57. The SMILES string of the molecule is COc1cccc(C(=O)N2CCN(C(=O)COc3ccc(Cl)c(C)c3)CC2)c1. The zero-order valence-corrected chi connectivity index (χ0v) is 16.7. The topological polar surface area (TPSA) is 59.1 Å². The number of methoxy groups -OCH3 is 1. The number of piperazine rings is 1. The molecule has 1 heterocycles. The van der Waals surface area contributed by atoms with Crippen molar-refractivity contribution < 1.29 is 19.1 Å². The van der Waals surface area contributed by atoms with Crippen molar-refractivity contribution in [1.29, 1.82) is 0 Å². The van der Waals surface area contributed by atoms with Crippen molar-refractivity contribution in [1.82, 2.24) is 9.80 Å². The van der Waals surface area contributed by atoms with Crippen molar-refractivity contribution in [2.24, 2.45) is 0 Å². The average Bonchev–Trinajstić information content (AvgIpc) is 2.74. The molecule has 2 aromatic carbocycles. The first-order chi connectivity index (χ1) is 13.5. The number of hydrogen-bond donors (Lipinski definition) is 0. The number of aryl methyl sites for hydroxylation is 1. The van der Waals surface area contributed by atoms with Gasteiger partial charge in [-0.1, -0.05) is 17.7 Å². The van der Waals surface area contributed by atoms with Crippen LogP contribution in [-0.2, 0) is 4.79 Å². The third-order valence-corrected chi connectivity index (χ3v) is 5.15. The summed E-state index contributed by atoms with van der Waals surface area (Å²) in [6.07, 6.45) is 0. The fourth-order valence-electron chi connectivity index (χ4n) is 3.04. The van der Waals surface area contributed by atoms with Gasteiger partial charge in [-0.25, -0.2) is 0 Å². The maximum Gasteiger partial charge on any atom is 0.260 e. The van der Waals surface area contributed by atoms with E-state index >= 15 is 0 Å². The van der Waals surface area contributed by atoms with Gasteiger partial charge in [0.25, 0.3) is 11.8 Å². The summed E-state index contributed by atoms with van der Waals surface area (Å²) in [6, 6.07) is 12.4. The minimum Gasteiger partial charge on any atom is -0.497 e. The van der Waals surface area contributed by atoms with Crippen LogP contribution in [0.15, 0.2) is 42.5 Å². The van der Waals surface area contributed by atoms with Crippen molar-refractivity contribution in [3.8, 4) is 11.5 Å². The Balaban J connectivity index is 1.50. The summed E-state index contributed by atoms with van der Waals surface area (Å²) in [6.45, 7) is 3.79. The lowest BCUT2D eigenvalue weighted by Crippen LogP contribution is -2.51. The van der Waals surface area contributed by atoms with Crippen molar-refractivity contribution in [2.75, 3.05) is 39.9 Å². The number of carbonyl (C=O) groups is 2. The van der Waals surface area contributed by atoms with E-state index in [1.54, 1.807) is 59.4 Å². The number of rotatable bonds is 5. The molecule has 1 saturated heterocycles. The summed E-state index contributed by atoms with van der Waals surface area (Å²) in [5, 5.41) is 0.663. The number of nitrogens with zero attached hydrogens (tertiary/aromatic N) is 2. The van der Waals surface area contributed by atoms with Crippen molar-refractivity contribution in [3.05, 3.63) is 58.6 Å². The van der Waals surface area contributed by atoms with Gasteiger partial charge in [-0.2, -0.15) is 0 Å². The molecule has 0 radical (unpaired) electrons. The molecule has 3 rings (SSSR count). The quantitative estimate of drug-likeness (QED) is 0.771. The molecule has 0 atom stereocenters. The van der Waals surface area contributed by atoms with Gasteiger partial charge in [0.15, 0.2) is 6.61 Å². The highest BCUT2D eigenvalue weighted by atomic mass is 35.5. The maximum absolute atomic E-state index is 12.6. The largest absolute Gasteiger partial charge is 0.497 e. The molecule has 0 spiro atoms. The molecule has 0 aliphatic carbocycles. The summed E-state index contributed by atoms with van der Waals surface area (Å²) >= 11 is 6.00. The lowest BCUT2D eigenvalue weighted by Gasteiger charge is -2.34. The van der Waals surface area contributed by atoms with Crippen LogP contribution >= 0.6 is 11.6 Å². The second-order valence-corrected chi connectivity index (χ2v) is 7.01. The molecule has 7 heteroatoms. The van der Waals surface area contributed by atoms with Crippen molar-refractivity contribution in [3.63, 3.8) is 0 Å². The van der Waals surface area contributed by atoms with Gasteiger partial charge in [0.1, 0.15) is 11.5 Å². The molecule has 0 N–H and O–H groups in total. The van der Waals surface area contributed by atoms with E-state index in [9.17, 15) is 9.59 Å². The van der Waals surface area contributed by atoms with Gasteiger partial charge in [-0.3, -0.25) is 9.59 Å². The van der Waals surface area contributed by atoms with Gasteiger partial charge in [-0.15, -0.1) is 0 Å². The van der Waals surface area contributed by atoms with Crippen LogP contribution in [0.25, 0.3) is 0 Å². The lowest BCUT2D eigenvalue weighted by atomic mass is 10.1. The fraction of sp³-hybridized carbons (Fsp3) is 0.333. The predicted molar refractivity (Wildman–Crippen MR) is 107 cm³/mol. The zero-order valence-electron chi connectivity index (χ0n) is 16.0. The first kappa shape index (κ1) is 20.0. The Hall–Kier alpha value is -2.73. The Kier molecular flexibility index (Phi) is 6.41. The van der Waals surface area contributed by atoms with E-state index in [4.69, 9.17) is 21.1 Å². The Morgan fingerprint density at radius 2 is 1.71 bits per heavy atom. The molecule has 0 saturated carbocycles. The maximum atomic E-state index is 12.6. The van der Waals surface area contributed by atoms with E-state index in [0.29, 0.717) is 48.3 Å². The van der Waals surface area contributed by atoms with Gasteiger partial charge in [0.05, 0.1) is 7.11 Å². The number of amides is 2. The highest BCUT2D eigenvalue weighted by Gasteiger charge is 2.25. The number of halogens is 1. The van der Waals surface area contributed by atoms with Crippen LogP contribution in [0.5, 0.6) is 11.5 Å². The Morgan fingerprint density at radius 3 is 2.39 bits per heavy atom. The standard InChI is InChI=1S/C21H23ClN2O4/c1-15-12-18(6-7-19(15)22)28-14-20(25)23-8-10-24(11-9-23)21(26)16-4-3-5-17(13-16)27-2/h3-7,12-13H,8-11,14H2,1-2H3. The molecule has 28 heavy (non-hydrogen) atoms. The van der Waals surface area contributed by atoms with Gasteiger partial charge in [0, 0.05) is 36.8 Å². The van der Waals surface area contributed by atoms with E-state index in [2.05, 4.69) is 0 Å². The first-order valence-corrected chi connectivity index (χ1v) is 9.46. The third-order valence-electron chi connectivity index (χ3n) is 4.73. The zero-order chi connectivity index (χ0) is 20.1. The van der Waals surface area contributed by atoms with Crippen LogP contribution in [-0.4, -0.2) is 61.5 Å². The monoisotopic (exact) mass is 402 g/mol. The highest BCUT2D eigenvalue weighted by Crippen LogP contribution is 2.21. The van der Waals surface area contributed by atoms with E-state index in [0.717, 1.165) is 5.56 Å². The molecular formula is C21H23ClN2O4. The normalized spacial score (nSPS) is 14.0. The summed E-state index contributed by atoms with van der Waals surface area (Å²) < 4.78 is 10.8. The van der Waals surface area contributed by atoms with Crippen LogP contribution in [0.1, 0.15) is 15.9 Å². The third kappa shape index (κ3) is 4.75. The number of carbonyl (C=O) groups excluding carboxylic acids is 2. The molecule has 2 aromatic rings. The molecule has 148 valence electrons. The van der Waals surface area contributed by atoms with Gasteiger partial charge >= 0.3 is 0 Å². The molecule has 0 bridgehead atoms. The minimum absolute atomic E-state index is 0.0368. The molecule has 0 unspecified atom stereocenters. The molecular weight excluding hydrogens is 380 g/mol. The van der Waals surface area contributed by atoms with Crippen LogP contribution in [0, 0.1) is 6.92 Å². The summed E-state index contributed by atoms with van der Waals surface area (Å²) in [5.74, 6) is 1.11. The average molecular weight is 403 g/mol. The van der Waals surface area contributed by atoms with E-state index in [1.807, 2.05) is 6.92 Å². The minimum atomic E-state index is -0.0962. The molecule has 2 amide bonds. The Bertz CT molecular complexity index is 863. The van der Waals surface area contributed by atoms with E-state index < -0.39 is 0 Å². The fourth-order valence-corrected chi connectivity index (χ4v) is 3.16. The number of hydrogen-bond acceptors (Lipinski definition) is 4. The molecule has 1 fully saturated rings. The highest BCUT2D eigenvalue weighted by molar-refractivity contribution is 6.31. The van der Waals surface area contributed by atoms with Crippen LogP contribution < -0.4 is 9.47 Å². The Morgan fingerprint density at radius 1 is 1.00 bits per heavy atom. The van der Waals surface area contributed by atoms with E-state index in [-0.39, 0.29) is 18.4 Å². The Labute approximate surface area is 169 Å². The van der Waals surface area contributed by atoms with Crippen molar-refractivity contribution >= 4 is 23.4 Å². The smallest absolute Gasteiger partial charge is 0.260 e. The van der Waals surface area contributed by atoms with Gasteiger partial charge < -0.3 is 19.3 Å². The second kappa shape index (κ2) is 8.97. The van der Waals surface area contributed by atoms with Crippen molar-refractivity contribution in [2.45, 2.75) is 6.92 Å². The summed E-state index contributed by atoms with van der Waals surface area (Å²) in [5.41, 5.74) is 1.48. The molecule has 1 aliphatic heterocycles. The van der Waals surface area contributed by atoms with Gasteiger partial charge in [-0.05, 0) is 48.9 Å². The first-order valence-electron chi connectivity index (χ1n) is 9.08.